The lowest BCUT2D eigenvalue weighted by atomic mass is 10.0. The predicted octanol–water partition coefficient (Wildman–Crippen LogP) is 4.05. The van der Waals surface area contributed by atoms with Gasteiger partial charge in [-0.15, -0.1) is 11.3 Å². The van der Waals surface area contributed by atoms with Crippen LogP contribution < -0.4 is 10.0 Å². The Morgan fingerprint density at radius 1 is 1.11 bits per heavy atom. The number of carbonyl (C=O) groups is 1. The monoisotopic (exact) mass is 401 g/mol. The average molecular weight is 402 g/mol. The van der Waals surface area contributed by atoms with Crippen LogP contribution in [0.4, 0.5) is 10.8 Å². The normalized spacial score (nSPS) is 11.2. The van der Waals surface area contributed by atoms with Crippen molar-refractivity contribution >= 4 is 38.1 Å². The van der Waals surface area contributed by atoms with Crippen LogP contribution in [0.25, 0.3) is 11.3 Å². The van der Waals surface area contributed by atoms with Crippen molar-refractivity contribution in [3.63, 3.8) is 0 Å². The molecule has 0 fully saturated rings. The van der Waals surface area contributed by atoms with Crippen LogP contribution in [-0.4, -0.2) is 25.6 Å². The van der Waals surface area contributed by atoms with Crippen molar-refractivity contribution in [2.45, 2.75) is 13.8 Å². The third kappa shape index (κ3) is 4.93. The number of thiazole rings is 1. The fourth-order valence-corrected chi connectivity index (χ4v) is 3.83. The van der Waals surface area contributed by atoms with Crippen molar-refractivity contribution in [2.75, 3.05) is 16.3 Å². The molecule has 0 saturated heterocycles. The summed E-state index contributed by atoms with van der Waals surface area (Å²) in [5.74, 6) is -0.353. The van der Waals surface area contributed by atoms with Gasteiger partial charge in [0.05, 0.1) is 11.9 Å². The number of rotatable bonds is 5. The molecule has 1 aromatic heterocycles. The number of hydrogen-bond acceptors (Lipinski definition) is 5. The van der Waals surface area contributed by atoms with E-state index in [1.54, 1.807) is 18.2 Å². The van der Waals surface area contributed by atoms with Gasteiger partial charge < -0.3 is 0 Å². The minimum atomic E-state index is -3.41. The van der Waals surface area contributed by atoms with Crippen LogP contribution in [0.15, 0.2) is 47.8 Å². The van der Waals surface area contributed by atoms with E-state index < -0.39 is 10.0 Å². The van der Waals surface area contributed by atoms with Gasteiger partial charge in [-0.05, 0) is 43.7 Å². The Kier molecular flexibility index (Phi) is 5.29. The van der Waals surface area contributed by atoms with E-state index in [-0.39, 0.29) is 5.91 Å². The van der Waals surface area contributed by atoms with E-state index >= 15 is 0 Å². The number of benzene rings is 2. The summed E-state index contributed by atoms with van der Waals surface area (Å²) in [5, 5.41) is 5.15. The summed E-state index contributed by atoms with van der Waals surface area (Å²) < 4.78 is 25.0. The summed E-state index contributed by atoms with van der Waals surface area (Å²) in [5.41, 5.74) is 4.77. The molecule has 0 aliphatic heterocycles. The number of amides is 1. The standard InChI is InChI=1S/C19H19N3O3S2/c1-12-7-8-13(2)16(9-12)17-11-26-19(20-17)21-18(23)14-5-4-6-15(10-14)22-27(3,24)25/h4-11,22H,1-3H3,(H,20,21,23). The van der Waals surface area contributed by atoms with Gasteiger partial charge in [0.15, 0.2) is 5.13 Å². The first kappa shape index (κ1) is 19.1. The van der Waals surface area contributed by atoms with E-state index in [4.69, 9.17) is 0 Å². The number of hydrogen-bond donors (Lipinski definition) is 2. The van der Waals surface area contributed by atoms with Gasteiger partial charge in [0.1, 0.15) is 0 Å². The van der Waals surface area contributed by atoms with E-state index in [9.17, 15) is 13.2 Å². The van der Waals surface area contributed by atoms with Crippen molar-refractivity contribution in [2.24, 2.45) is 0 Å². The molecule has 0 unspecified atom stereocenters. The molecule has 27 heavy (non-hydrogen) atoms. The fourth-order valence-electron chi connectivity index (χ4n) is 2.57. The van der Waals surface area contributed by atoms with Crippen LogP contribution in [0.3, 0.4) is 0 Å². The average Bonchev–Trinajstić information content (AvgIpc) is 3.04. The highest BCUT2D eigenvalue weighted by Crippen LogP contribution is 2.28. The van der Waals surface area contributed by atoms with Crippen LogP contribution in [-0.2, 0) is 10.0 Å². The number of nitrogens with zero attached hydrogens (tertiary/aromatic N) is 1. The van der Waals surface area contributed by atoms with Gasteiger partial charge in [-0.25, -0.2) is 13.4 Å². The van der Waals surface area contributed by atoms with Gasteiger partial charge >= 0.3 is 0 Å². The number of carbonyl (C=O) groups excluding carboxylic acids is 1. The van der Waals surface area contributed by atoms with Crippen molar-refractivity contribution in [1.82, 2.24) is 4.98 Å². The first-order valence-electron chi connectivity index (χ1n) is 8.13. The maximum absolute atomic E-state index is 12.5. The summed E-state index contributed by atoms with van der Waals surface area (Å²) in [6.07, 6.45) is 1.06. The van der Waals surface area contributed by atoms with Crippen LogP contribution in [0.5, 0.6) is 0 Å². The summed E-state index contributed by atoms with van der Waals surface area (Å²) >= 11 is 1.34. The molecule has 1 amide bonds. The molecule has 140 valence electrons. The van der Waals surface area contributed by atoms with Crippen LogP contribution >= 0.6 is 11.3 Å². The molecule has 3 aromatic rings. The maximum Gasteiger partial charge on any atom is 0.257 e. The molecule has 1 heterocycles. The second-order valence-corrected chi connectivity index (χ2v) is 8.87. The topological polar surface area (TPSA) is 88.2 Å². The molecule has 0 bridgehead atoms. The highest BCUT2D eigenvalue weighted by Gasteiger charge is 2.12. The SMILES string of the molecule is Cc1ccc(C)c(-c2csc(NC(=O)c3cccc(NS(C)(=O)=O)c3)n2)c1. The van der Waals surface area contributed by atoms with E-state index in [1.165, 1.54) is 17.4 Å². The lowest BCUT2D eigenvalue weighted by Crippen LogP contribution is -2.13. The molecule has 6 nitrogen and oxygen atoms in total. The Morgan fingerprint density at radius 3 is 2.63 bits per heavy atom. The van der Waals surface area contributed by atoms with Crippen molar-refractivity contribution in [3.8, 4) is 11.3 Å². The molecule has 0 atom stereocenters. The molecule has 0 saturated carbocycles. The number of sulfonamides is 1. The molecular formula is C19H19N3O3S2. The second kappa shape index (κ2) is 7.50. The summed E-state index contributed by atoms with van der Waals surface area (Å²) in [4.78, 5) is 17.0. The lowest BCUT2D eigenvalue weighted by molar-refractivity contribution is 0.102. The minimum Gasteiger partial charge on any atom is -0.298 e. The third-order valence-corrected chi connectivity index (χ3v) is 5.19. The summed E-state index contributed by atoms with van der Waals surface area (Å²) in [7, 11) is -3.41. The fraction of sp³-hybridized carbons (Fsp3) is 0.158. The summed E-state index contributed by atoms with van der Waals surface area (Å²) in [6, 6.07) is 12.5. The summed E-state index contributed by atoms with van der Waals surface area (Å²) in [6.45, 7) is 4.04. The molecule has 0 aliphatic rings. The maximum atomic E-state index is 12.5. The van der Waals surface area contributed by atoms with E-state index in [0.29, 0.717) is 16.4 Å². The number of aromatic nitrogens is 1. The minimum absolute atomic E-state index is 0.334. The number of anilines is 2. The number of nitrogens with one attached hydrogen (secondary N) is 2. The molecule has 2 aromatic carbocycles. The largest absolute Gasteiger partial charge is 0.298 e. The zero-order chi connectivity index (χ0) is 19.6. The van der Waals surface area contributed by atoms with Crippen LogP contribution in [0, 0.1) is 13.8 Å². The lowest BCUT2D eigenvalue weighted by Gasteiger charge is -2.06. The van der Waals surface area contributed by atoms with Crippen molar-refractivity contribution < 1.29 is 13.2 Å². The molecule has 0 radical (unpaired) electrons. The predicted molar refractivity (Wildman–Crippen MR) is 110 cm³/mol. The van der Waals surface area contributed by atoms with Gasteiger partial charge in [-0.3, -0.25) is 14.8 Å². The molecule has 3 rings (SSSR count). The van der Waals surface area contributed by atoms with E-state index in [1.807, 2.05) is 31.4 Å². The Bertz CT molecular complexity index is 1100. The van der Waals surface area contributed by atoms with E-state index in [0.717, 1.165) is 28.6 Å². The Labute approximate surface area is 162 Å². The Hall–Kier alpha value is -2.71. The highest BCUT2D eigenvalue weighted by atomic mass is 32.2. The van der Waals surface area contributed by atoms with Gasteiger partial charge in [0.25, 0.3) is 5.91 Å². The van der Waals surface area contributed by atoms with Crippen LogP contribution in [0.2, 0.25) is 0 Å². The Balaban J connectivity index is 1.79. The van der Waals surface area contributed by atoms with Crippen molar-refractivity contribution in [1.29, 1.82) is 0 Å². The Morgan fingerprint density at radius 2 is 1.89 bits per heavy atom. The molecule has 2 N–H and O–H groups in total. The zero-order valence-electron chi connectivity index (χ0n) is 15.1. The van der Waals surface area contributed by atoms with Crippen LogP contribution in [0.1, 0.15) is 21.5 Å². The quantitative estimate of drug-likeness (QED) is 0.675. The van der Waals surface area contributed by atoms with Gasteiger partial charge in [-0.1, -0.05) is 23.8 Å². The first-order chi connectivity index (χ1) is 12.7. The molecular weight excluding hydrogens is 382 g/mol. The zero-order valence-corrected chi connectivity index (χ0v) is 16.7. The number of aryl methyl sites for hydroxylation is 2. The third-order valence-electron chi connectivity index (χ3n) is 3.82. The van der Waals surface area contributed by atoms with Gasteiger partial charge in [-0.2, -0.15) is 0 Å². The molecule has 0 aliphatic carbocycles. The van der Waals surface area contributed by atoms with Gasteiger partial charge in [0, 0.05) is 22.2 Å². The van der Waals surface area contributed by atoms with Gasteiger partial charge in [0.2, 0.25) is 10.0 Å². The smallest absolute Gasteiger partial charge is 0.257 e. The van der Waals surface area contributed by atoms with E-state index in [2.05, 4.69) is 21.1 Å². The first-order valence-corrected chi connectivity index (χ1v) is 10.9. The highest BCUT2D eigenvalue weighted by molar-refractivity contribution is 7.92. The van der Waals surface area contributed by atoms with Crippen molar-refractivity contribution in [3.05, 3.63) is 64.5 Å². The molecule has 8 heteroatoms. The molecule has 0 spiro atoms. The second-order valence-electron chi connectivity index (χ2n) is 6.27.